The number of nitrogens with one attached hydrogen (secondary N) is 1. The minimum absolute atomic E-state index is 0.00227. The first kappa shape index (κ1) is 22.3. The summed E-state index contributed by atoms with van der Waals surface area (Å²) >= 11 is 5.96. The van der Waals surface area contributed by atoms with Crippen molar-refractivity contribution in [2.75, 3.05) is 30.0 Å². The molecule has 1 N–H and O–H groups in total. The lowest BCUT2D eigenvalue weighted by Crippen LogP contribution is -2.28. The van der Waals surface area contributed by atoms with E-state index in [0.717, 1.165) is 0 Å². The van der Waals surface area contributed by atoms with Crippen LogP contribution in [0.4, 0.5) is 11.4 Å². The fourth-order valence-corrected chi connectivity index (χ4v) is 3.30. The SMILES string of the molecule is CCOC(=O)c1ccc(NC(=O)COC(=O)C2CC(=O)N(c3cccc(Cl)c3)C2)cc1. The van der Waals surface area contributed by atoms with E-state index in [1.165, 1.54) is 17.0 Å². The Hall–Kier alpha value is -3.39. The highest BCUT2D eigenvalue weighted by Crippen LogP contribution is 2.27. The molecule has 1 unspecified atom stereocenters. The van der Waals surface area contributed by atoms with E-state index in [9.17, 15) is 19.2 Å². The molecule has 2 amide bonds. The average Bonchev–Trinajstić information content (AvgIpc) is 3.14. The van der Waals surface area contributed by atoms with Crippen molar-refractivity contribution in [3.8, 4) is 0 Å². The van der Waals surface area contributed by atoms with Gasteiger partial charge in [-0.25, -0.2) is 4.79 Å². The van der Waals surface area contributed by atoms with E-state index in [1.807, 2.05) is 0 Å². The number of hydrogen-bond donors (Lipinski definition) is 1. The third kappa shape index (κ3) is 5.82. The summed E-state index contributed by atoms with van der Waals surface area (Å²) in [6.45, 7) is 1.66. The highest BCUT2D eigenvalue weighted by molar-refractivity contribution is 6.31. The lowest BCUT2D eigenvalue weighted by atomic mass is 10.1. The molecule has 0 aliphatic carbocycles. The summed E-state index contributed by atoms with van der Waals surface area (Å²) in [6, 6.07) is 12.9. The van der Waals surface area contributed by atoms with Crippen LogP contribution in [0.5, 0.6) is 0 Å². The first-order valence-electron chi connectivity index (χ1n) is 9.67. The van der Waals surface area contributed by atoms with Crippen LogP contribution >= 0.6 is 11.6 Å². The van der Waals surface area contributed by atoms with Crippen LogP contribution in [0.1, 0.15) is 23.7 Å². The maximum absolute atomic E-state index is 12.3. The number of esters is 2. The van der Waals surface area contributed by atoms with Crippen molar-refractivity contribution in [1.29, 1.82) is 0 Å². The van der Waals surface area contributed by atoms with Gasteiger partial charge in [0.15, 0.2) is 6.61 Å². The summed E-state index contributed by atoms with van der Waals surface area (Å²) in [5, 5.41) is 3.06. The van der Waals surface area contributed by atoms with Gasteiger partial charge in [-0.2, -0.15) is 0 Å². The summed E-state index contributed by atoms with van der Waals surface area (Å²) in [6.07, 6.45) is 0.00227. The fourth-order valence-electron chi connectivity index (χ4n) is 3.11. The molecule has 1 heterocycles. The van der Waals surface area contributed by atoms with Gasteiger partial charge < -0.3 is 19.7 Å². The smallest absolute Gasteiger partial charge is 0.338 e. The van der Waals surface area contributed by atoms with E-state index in [2.05, 4.69) is 5.32 Å². The van der Waals surface area contributed by atoms with Gasteiger partial charge >= 0.3 is 11.9 Å². The molecule has 1 saturated heterocycles. The molecule has 162 valence electrons. The predicted octanol–water partition coefficient (Wildman–Crippen LogP) is 3.05. The van der Waals surface area contributed by atoms with Crippen molar-refractivity contribution in [1.82, 2.24) is 0 Å². The van der Waals surface area contributed by atoms with Crippen LogP contribution in [0.3, 0.4) is 0 Å². The second-order valence-electron chi connectivity index (χ2n) is 6.84. The minimum Gasteiger partial charge on any atom is -0.462 e. The Labute approximate surface area is 184 Å². The van der Waals surface area contributed by atoms with Gasteiger partial charge in [0, 0.05) is 29.4 Å². The third-order valence-corrected chi connectivity index (χ3v) is 4.84. The topological polar surface area (TPSA) is 102 Å². The van der Waals surface area contributed by atoms with Crippen LogP contribution < -0.4 is 10.2 Å². The Morgan fingerprint density at radius 3 is 2.55 bits per heavy atom. The van der Waals surface area contributed by atoms with Crippen LogP contribution in [0.2, 0.25) is 5.02 Å². The largest absolute Gasteiger partial charge is 0.462 e. The Balaban J connectivity index is 1.48. The minimum atomic E-state index is -0.664. The molecular weight excluding hydrogens is 424 g/mol. The van der Waals surface area contributed by atoms with Crippen LogP contribution in [0.25, 0.3) is 0 Å². The number of halogens is 1. The number of ether oxygens (including phenoxy) is 2. The number of benzene rings is 2. The van der Waals surface area contributed by atoms with Crippen LogP contribution in [-0.2, 0) is 23.9 Å². The summed E-state index contributed by atoms with van der Waals surface area (Å²) in [7, 11) is 0. The molecule has 8 nitrogen and oxygen atoms in total. The Morgan fingerprint density at radius 2 is 1.87 bits per heavy atom. The normalized spacial score (nSPS) is 15.5. The summed E-state index contributed by atoms with van der Waals surface area (Å²) in [5.41, 5.74) is 1.41. The van der Waals surface area contributed by atoms with E-state index in [1.54, 1.807) is 43.3 Å². The van der Waals surface area contributed by atoms with E-state index < -0.39 is 30.4 Å². The van der Waals surface area contributed by atoms with Gasteiger partial charge in [-0.1, -0.05) is 17.7 Å². The van der Waals surface area contributed by atoms with Gasteiger partial charge in [0.05, 0.1) is 18.1 Å². The fraction of sp³-hybridized carbons (Fsp3) is 0.273. The van der Waals surface area contributed by atoms with Crippen molar-refractivity contribution in [3.63, 3.8) is 0 Å². The highest BCUT2D eigenvalue weighted by Gasteiger charge is 2.36. The van der Waals surface area contributed by atoms with Gasteiger partial charge in [-0.15, -0.1) is 0 Å². The number of carbonyl (C=O) groups is 4. The first-order chi connectivity index (χ1) is 14.9. The van der Waals surface area contributed by atoms with Crippen LogP contribution in [0.15, 0.2) is 48.5 Å². The molecule has 0 radical (unpaired) electrons. The van der Waals surface area contributed by atoms with Crippen molar-refractivity contribution in [2.24, 2.45) is 5.92 Å². The molecule has 1 aliphatic heterocycles. The second-order valence-corrected chi connectivity index (χ2v) is 7.28. The molecule has 2 aromatic carbocycles. The maximum Gasteiger partial charge on any atom is 0.338 e. The van der Waals surface area contributed by atoms with E-state index >= 15 is 0 Å². The molecule has 0 aromatic heterocycles. The van der Waals surface area contributed by atoms with Gasteiger partial charge in [-0.05, 0) is 49.4 Å². The number of rotatable bonds is 7. The second kappa shape index (κ2) is 10.1. The van der Waals surface area contributed by atoms with E-state index in [-0.39, 0.29) is 25.5 Å². The van der Waals surface area contributed by atoms with Gasteiger partial charge in [0.1, 0.15) is 0 Å². The van der Waals surface area contributed by atoms with Gasteiger partial charge in [0.2, 0.25) is 5.91 Å². The molecular formula is C22H21ClN2O6. The molecule has 1 atom stereocenters. The first-order valence-corrected chi connectivity index (χ1v) is 10.0. The zero-order valence-corrected chi connectivity index (χ0v) is 17.6. The Morgan fingerprint density at radius 1 is 1.13 bits per heavy atom. The molecule has 1 fully saturated rings. The molecule has 0 spiro atoms. The number of amides is 2. The zero-order valence-electron chi connectivity index (χ0n) is 16.8. The van der Waals surface area contributed by atoms with E-state index in [4.69, 9.17) is 21.1 Å². The van der Waals surface area contributed by atoms with Crippen molar-refractivity contribution >= 4 is 46.7 Å². The molecule has 0 saturated carbocycles. The van der Waals surface area contributed by atoms with E-state index in [0.29, 0.717) is 22.0 Å². The van der Waals surface area contributed by atoms with Gasteiger partial charge in [0.25, 0.3) is 5.91 Å². The van der Waals surface area contributed by atoms with Crippen LogP contribution in [-0.4, -0.2) is 43.5 Å². The zero-order chi connectivity index (χ0) is 22.4. The molecule has 1 aliphatic rings. The quantitative estimate of drug-likeness (QED) is 0.658. The number of anilines is 2. The summed E-state index contributed by atoms with van der Waals surface area (Å²) < 4.78 is 9.97. The molecule has 0 bridgehead atoms. The highest BCUT2D eigenvalue weighted by atomic mass is 35.5. The van der Waals surface area contributed by atoms with Gasteiger partial charge in [-0.3, -0.25) is 14.4 Å². The Kier molecular flexibility index (Phi) is 7.25. The average molecular weight is 445 g/mol. The lowest BCUT2D eigenvalue weighted by Gasteiger charge is -2.16. The molecule has 2 aromatic rings. The molecule has 31 heavy (non-hydrogen) atoms. The predicted molar refractivity (Wildman–Crippen MR) is 114 cm³/mol. The number of nitrogens with zero attached hydrogens (tertiary/aromatic N) is 1. The lowest BCUT2D eigenvalue weighted by molar-refractivity contribution is -0.151. The standard InChI is InChI=1S/C22H21ClN2O6/c1-2-30-21(28)14-6-8-17(9-7-14)24-19(26)13-31-22(29)15-10-20(27)25(12-15)18-5-3-4-16(23)11-18/h3-9,11,15H,2,10,12-13H2,1H3,(H,24,26). The number of hydrogen-bond acceptors (Lipinski definition) is 6. The third-order valence-electron chi connectivity index (χ3n) is 4.60. The van der Waals surface area contributed by atoms with Crippen molar-refractivity contribution < 1.29 is 28.7 Å². The number of carbonyl (C=O) groups excluding carboxylic acids is 4. The molecule has 3 rings (SSSR count). The van der Waals surface area contributed by atoms with Crippen molar-refractivity contribution in [3.05, 3.63) is 59.1 Å². The van der Waals surface area contributed by atoms with Crippen molar-refractivity contribution in [2.45, 2.75) is 13.3 Å². The van der Waals surface area contributed by atoms with Crippen LogP contribution in [0, 0.1) is 5.92 Å². The summed E-state index contributed by atoms with van der Waals surface area (Å²) in [4.78, 5) is 49.8. The Bertz CT molecular complexity index is 992. The summed E-state index contributed by atoms with van der Waals surface area (Å²) in [5.74, 6) is -2.48. The maximum atomic E-state index is 12.3. The molecule has 9 heteroatoms. The monoisotopic (exact) mass is 444 g/mol.